The van der Waals surface area contributed by atoms with Crippen molar-refractivity contribution >= 4 is 11.6 Å². The van der Waals surface area contributed by atoms with Gasteiger partial charge >= 0.3 is 5.69 Å². The minimum absolute atomic E-state index is 0.0970. The van der Waals surface area contributed by atoms with E-state index in [9.17, 15) is 10.1 Å². The smallest absolute Gasteiger partial charge is 0.305 e. The van der Waals surface area contributed by atoms with Crippen molar-refractivity contribution in [2.75, 3.05) is 5.32 Å². The Kier molecular flexibility index (Phi) is 2.83. The van der Waals surface area contributed by atoms with Crippen LogP contribution in [0.4, 0.5) is 11.6 Å². The van der Waals surface area contributed by atoms with E-state index in [0.717, 1.165) is 12.8 Å². The third-order valence-corrected chi connectivity index (χ3v) is 3.23. The second-order valence-electron chi connectivity index (χ2n) is 4.54. The molecule has 96 valence electrons. The fourth-order valence-electron chi connectivity index (χ4n) is 2.33. The van der Waals surface area contributed by atoms with Crippen molar-refractivity contribution in [3.8, 4) is 0 Å². The Morgan fingerprint density at radius 1 is 1.16 bits per heavy atom. The molecule has 0 bridgehead atoms. The van der Waals surface area contributed by atoms with Crippen LogP contribution in [0.25, 0.3) is 0 Å². The zero-order valence-electron chi connectivity index (χ0n) is 10.1. The van der Waals surface area contributed by atoms with Gasteiger partial charge in [0.15, 0.2) is 0 Å². The third kappa shape index (κ3) is 2.37. The average Bonchev–Trinajstić information content (AvgIpc) is 2.81. The van der Waals surface area contributed by atoms with Gasteiger partial charge in [0, 0.05) is 6.04 Å². The van der Waals surface area contributed by atoms with E-state index in [2.05, 4.69) is 27.4 Å². The molecule has 6 nitrogen and oxygen atoms in total. The van der Waals surface area contributed by atoms with Crippen molar-refractivity contribution < 1.29 is 4.92 Å². The van der Waals surface area contributed by atoms with E-state index in [1.165, 1.54) is 23.5 Å². The molecule has 19 heavy (non-hydrogen) atoms. The largest absolute Gasteiger partial charge is 0.351 e. The van der Waals surface area contributed by atoms with E-state index in [-0.39, 0.29) is 11.7 Å². The van der Waals surface area contributed by atoms with Crippen molar-refractivity contribution in [1.29, 1.82) is 0 Å². The maximum Gasteiger partial charge on any atom is 0.305 e. The Labute approximate surface area is 109 Å². The number of nitrogens with zero attached hydrogens (tertiary/aromatic N) is 3. The number of benzene rings is 1. The lowest BCUT2D eigenvalue weighted by Gasteiger charge is -2.10. The van der Waals surface area contributed by atoms with Crippen molar-refractivity contribution in [3.63, 3.8) is 0 Å². The molecule has 0 unspecified atom stereocenters. The first-order valence-electron chi connectivity index (χ1n) is 6.02. The van der Waals surface area contributed by atoms with Crippen LogP contribution in [0.2, 0.25) is 0 Å². The molecule has 0 saturated heterocycles. The highest BCUT2D eigenvalue weighted by Crippen LogP contribution is 2.23. The molecular weight excluding hydrogens is 244 g/mol. The van der Waals surface area contributed by atoms with Crippen LogP contribution in [-0.4, -0.2) is 20.9 Å². The second-order valence-corrected chi connectivity index (χ2v) is 4.54. The van der Waals surface area contributed by atoms with Crippen LogP contribution < -0.4 is 5.32 Å². The summed E-state index contributed by atoms with van der Waals surface area (Å²) in [6, 6.07) is 8.55. The molecule has 0 radical (unpaired) electrons. The van der Waals surface area contributed by atoms with Gasteiger partial charge < -0.3 is 5.32 Å². The van der Waals surface area contributed by atoms with Gasteiger partial charge in [0.1, 0.15) is 12.4 Å². The lowest BCUT2D eigenvalue weighted by atomic mass is 10.1. The Bertz CT molecular complexity index is 587. The van der Waals surface area contributed by atoms with Crippen molar-refractivity contribution in [2.24, 2.45) is 0 Å². The maximum atomic E-state index is 10.5. The van der Waals surface area contributed by atoms with Gasteiger partial charge in [-0.05, 0) is 24.0 Å². The molecule has 0 amide bonds. The highest BCUT2D eigenvalue weighted by Gasteiger charge is 2.21. The van der Waals surface area contributed by atoms with Crippen LogP contribution >= 0.6 is 0 Å². The summed E-state index contributed by atoms with van der Waals surface area (Å²) in [6.45, 7) is 0. The number of aromatic nitrogens is 2. The number of rotatable bonds is 3. The Morgan fingerprint density at radius 2 is 1.74 bits per heavy atom. The summed E-state index contributed by atoms with van der Waals surface area (Å²) in [4.78, 5) is 17.9. The van der Waals surface area contributed by atoms with E-state index in [4.69, 9.17) is 0 Å². The summed E-state index contributed by atoms with van der Waals surface area (Å²) in [6.07, 6.45) is 4.29. The number of hydrogen-bond donors (Lipinski definition) is 1. The van der Waals surface area contributed by atoms with Crippen LogP contribution in [0.3, 0.4) is 0 Å². The predicted octanol–water partition coefficient (Wildman–Crippen LogP) is 1.96. The SMILES string of the molecule is O=[N+]([O-])c1cnc(NC2Cc3ccccc3C2)nc1. The van der Waals surface area contributed by atoms with Gasteiger partial charge in [0.25, 0.3) is 0 Å². The summed E-state index contributed by atoms with van der Waals surface area (Å²) >= 11 is 0. The van der Waals surface area contributed by atoms with Gasteiger partial charge in [0.05, 0.1) is 4.92 Å². The summed E-state index contributed by atoms with van der Waals surface area (Å²) in [7, 11) is 0. The van der Waals surface area contributed by atoms with Gasteiger partial charge in [-0.1, -0.05) is 24.3 Å². The van der Waals surface area contributed by atoms with Crippen LogP contribution in [0.1, 0.15) is 11.1 Å². The van der Waals surface area contributed by atoms with Crippen molar-refractivity contribution in [1.82, 2.24) is 9.97 Å². The topological polar surface area (TPSA) is 81.0 Å². The first-order valence-corrected chi connectivity index (χ1v) is 6.02. The molecule has 1 aromatic carbocycles. The highest BCUT2D eigenvalue weighted by molar-refractivity contribution is 5.39. The quantitative estimate of drug-likeness (QED) is 0.670. The fourth-order valence-corrected chi connectivity index (χ4v) is 2.33. The minimum atomic E-state index is -0.505. The average molecular weight is 256 g/mol. The second kappa shape index (κ2) is 4.64. The standard InChI is InChI=1S/C13H12N4O2/c18-17(19)12-7-14-13(15-8-12)16-11-5-9-3-1-2-4-10(9)6-11/h1-4,7-8,11H,5-6H2,(H,14,15,16). The van der Waals surface area contributed by atoms with Gasteiger partial charge in [-0.15, -0.1) is 0 Å². The Balaban J connectivity index is 1.69. The molecule has 0 fully saturated rings. The summed E-state index contributed by atoms with van der Waals surface area (Å²) < 4.78 is 0. The highest BCUT2D eigenvalue weighted by atomic mass is 16.6. The molecule has 1 aliphatic carbocycles. The van der Waals surface area contributed by atoms with E-state index in [1.807, 2.05) is 12.1 Å². The molecule has 0 aliphatic heterocycles. The van der Waals surface area contributed by atoms with Gasteiger partial charge in [-0.3, -0.25) is 10.1 Å². The van der Waals surface area contributed by atoms with E-state index < -0.39 is 4.92 Å². The third-order valence-electron chi connectivity index (χ3n) is 3.23. The number of nitrogens with one attached hydrogen (secondary N) is 1. The minimum Gasteiger partial charge on any atom is -0.351 e. The van der Waals surface area contributed by atoms with Gasteiger partial charge in [0.2, 0.25) is 5.95 Å². The lowest BCUT2D eigenvalue weighted by molar-refractivity contribution is -0.385. The molecular formula is C13H12N4O2. The summed E-state index contributed by atoms with van der Waals surface area (Å²) in [5.74, 6) is 0.434. The zero-order valence-corrected chi connectivity index (χ0v) is 10.1. The summed E-state index contributed by atoms with van der Waals surface area (Å²) in [5, 5.41) is 13.7. The molecule has 0 saturated carbocycles. The molecule has 0 atom stereocenters. The zero-order chi connectivity index (χ0) is 13.2. The van der Waals surface area contributed by atoms with Crippen LogP contribution in [0.15, 0.2) is 36.7 Å². The Hall–Kier alpha value is -2.50. The van der Waals surface area contributed by atoms with E-state index in [1.54, 1.807) is 0 Å². The maximum absolute atomic E-state index is 10.5. The molecule has 1 aliphatic rings. The molecule has 0 spiro atoms. The molecule has 1 heterocycles. The number of hydrogen-bond acceptors (Lipinski definition) is 5. The number of fused-ring (bicyclic) bond motifs is 1. The van der Waals surface area contributed by atoms with Crippen LogP contribution in [0, 0.1) is 10.1 Å². The van der Waals surface area contributed by atoms with Gasteiger partial charge in [-0.25, -0.2) is 9.97 Å². The molecule has 3 rings (SSSR count). The first-order chi connectivity index (χ1) is 9.22. The molecule has 1 aromatic heterocycles. The van der Waals surface area contributed by atoms with E-state index >= 15 is 0 Å². The molecule has 6 heteroatoms. The summed E-state index contributed by atoms with van der Waals surface area (Å²) in [5.41, 5.74) is 2.57. The lowest BCUT2D eigenvalue weighted by Crippen LogP contribution is -2.21. The van der Waals surface area contributed by atoms with Crippen LogP contribution in [-0.2, 0) is 12.8 Å². The normalized spacial score (nSPS) is 14.1. The molecule has 2 aromatic rings. The van der Waals surface area contributed by atoms with Crippen molar-refractivity contribution in [3.05, 3.63) is 57.9 Å². The Morgan fingerprint density at radius 3 is 2.26 bits per heavy atom. The fraction of sp³-hybridized carbons (Fsp3) is 0.231. The van der Waals surface area contributed by atoms with Crippen molar-refractivity contribution in [2.45, 2.75) is 18.9 Å². The van der Waals surface area contributed by atoms with E-state index in [0.29, 0.717) is 5.95 Å². The number of nitro groups is 1. The van der Waals surface area contributed by atoms with Gasteiger partial charge in [-0.2, -0.15) is 0 Å². The first kappa shape index (κ1) is 11.6. The van der Waals surface area contributed by atoms with Crippen LogP contribution in [0.5, 0.6) is 0 Å². The predicted molar refractivity (Wildman–Crippen MR) is 69.9 cm³/mol. The number of anilines is 1. The molecule has 1 N–H and O–H groups in total. The monoisotopic (exact) mass is 256 g/mol.